The van der Waals surface area contributed by atoms with Gasteiger partial charge in [-0.3, -0.25) is 19.8 Å². The molecule has 0 spiro atoms. The standard InChI is InChI=1S/C19H14N4O2/c1-20-15-8-16-13(11-3-5-21-9-14(11)15)7-17(23-16)19(24)12-4-6-22-10-18(12)25-2/h3-10,23H,1H2,2H3. The first-order valence-corrected chi connectivity index (χ1v) is 7.62. The Hall–Kier alpha value is -3.54. The lowest BCUT2D eigenvalue weighted by molar-refractivity contribution is 0.103. The van der Waals surface area contributed by atoms with Crippen molar-refractivity contribution in [3.63, 3.8) is 0 Å². The van der Waals surface area contributed by atoms with Gasteiger partial charge in [-0.2, -0.15) is 0 Å². The monoisotopic (exact) mass is 330 g/mol. The largest absolute Gasteiger partial charge is 0.494 e. The first-order valence-electron chi connectivity index (χ1n) is 7.62. The van der Waals surface area contributed by atoms with Gasteiger partial charge in [0.2, 0.25) is 5.78 Å². The number of pyridine rings is 2. The van der Waals surface area contributed by atoms with Crippen LogP contribution in [0.3, 0.4) is 0 Å². The predicted octanol–water partition coefficient (Wildman–Crippen LogP) is 3.68. The quantitative estimate of drug-likeness (QED) is 0.457. The second-order valence-corrected chi connectivity index (χ2v) is 5.52. The van der Waals surface area contributed by atoms with Crippen LogP contribution in [-0.2, 0) is 0 Å². The summed E-state index contributed by atoms with van der Waals surface area (Å²) >= 11 is 0. The van der Waals surface area contributed by atoms with Crippen LogP contribution in [0.2, 0.25) is 0 Å². The smallest absolute Gasteiger partial charge is 0.213 e. The van der Waals surface area contributed by atoms with Gasteiger partial charge in [0.15, 0.2) is 0 Å². The van der Waals surface area contributed by atoms with Crippen molar-refractivity contribution in [2.45, 2.75) is 0 Å². The molecule has 0 amide bonds. The second kappa shape index (κ2) is 5.83. The number of aromatic amines is 1. The van der Waals surface area contributed by atoms with E-state index in [0.29, 0.717) is 17.0 Å². The van der Waals surface area contributed by atoms with E-state index in [1.807, 2.05) is 18.2 Å². The molecule has 0 aliphatic rings. The fourth-order valence-corrected chi connectivity index (χ4v) is 2.98. The van der Waals surface area contributed by atoms with Gasteiger partial charge in [-0.25, -0.2) is 0 Å². The number of ketones is 1. The number of carbonyl (C=O) groups excluding carboxylic acids is 1. The molecule has 3 aromatic heterocycles. The maximum absolute atomic E-state index is 12.9. The summed E-state index contributed by atoms with van der Waals surface area (Å²) in [5, 5.41) is 2.79. The molecule has 1 N–H and O–H groups in total. The number of aliphatic imine (C=N–C) groups is 1. The predicted molar refractivity (Wildman–Crippen MR) is 97.0 cm³/mol. The maximum Gasteiger partial charge on any atom is 0.213 e. The number of carbonyl (C=O) groups is 1. The molecule has 0 saturated heterocycles. The number of methoxy groups -OCH3 is 1. The fraction of sp³-hybridized carbons (Fsp3) is 0.0526. The molecule has 0 bridgehead atoms. The van der Waals surface area contributed by atoms with Crippen LogP contribution in [-0.4, -0.2) is 34.6 Å². The maximum atomic E-state index is 12.9. The highest BCUT2D eigenvalue weighted by molar-refractivity contribution is 6.17. The Morgan fingerprint density at radius 1 is 1.12 bits per heavy atom. The zero-order valence-corrected chi connectivity index (χ0v) is 13.5. The summed E-state index contributed by atoms with van der Waals surface area (Å²) in [7, 11) is 1.52. The van der Waals surface area contributed by atoms with E-state index >= 15 is 0 Å². The SMILES string of the molecule is C=Nc1cc2[nH]c(C(=O)c3ccncc3OC)cc2c2ccncc12. The van der Waals surface area contributed by atoms with Crippen LogP contribution in [0.15, 0.2) is 54.0 Å². The second-order valence-electron chi connectivity index (χ2n) is 5.52. The molecule has 0 radical (unpaired) electrons. The zero-order valence-electron chi connectivity index (χ0n) is 13.5. The molecule has 0 unspecified atom stereocenters. The Morgan fingerprint density at radius 3 is 2.72 bits per heavy atom. The molecular formula is C19H14N4O2. The van der Waals surface area contributed by atoms with E-state index in [1.54, 1.807) is 24.7 Å². The number of ether oxygens (including phenoxy) is 1. The van der Waals surface area contributed by atoms with E-state index in [2.05, 4.69) is 26.7 Å². The summed E-state index contributed by atoms with van der Waals surface area (Å²) in [5.41, 5.74) is 2.46. The van der Waals surface area contributed by atoms with Gasteiger partial charge in [-0.1, -0.05) is 0 Å². The molecule has 0 fully saturated rings. The topological polar surface area (TPSA) is 80.2 Å². The van der Waals surface area contributed by atoms with Crippen molar-refractivity contribution in [1.29, 1.82) is 0 Å². The van der Waals surface area contributed by atoms with E-state index in [4.69, 9.17) is 4.74 Å². The molecule has 122 valence electrons. The first kappa shape index (κ1) is 15.0. The molecule has 4 rings (SSSR count). The van der Waals surface area contributed by atoms with Gasteiger partial charge in [-0.15, -0.1) is 0 Å². The van der Waals surface area contributed by atoms with Crippen LogP contribution in [0.1, 0.15) is 16.1 Å². The number of H-pyrrole nitrogens is 1. The van der Waals surface area contributed by atoms with Crippen molar-refractivity contribution in [3.8, 4) is 5.75 Å². The van der Waals surface area contributed by atoms with Gasteiger partial charge in [0.25, 0.3) is 0 Å². The van der Waals surface area contributed by atoms with Gasteiger partial charge < -0.3 is 9.72 Å². The summed E-state index contributed by atoms with van der Waals surface area (Å²) < 4.78 is 5.24. The summed E-state index contributed by atoms with van der Waals surface area (Å²) in [6.45, 7) is 3.62. The number of rotatable bonds is 4. The van der Waals surface area contributed by atoms with Crippen molar-refractivity contribution < 1.29 is 9.53 Å². The van der Waals surface area contributed by atoms with E-state index in [9.17, 15) is 4.79 Å². The van der Waals surface area contributed by atoms with Gasteiger partial charge in [0.05, 0.1) is 30.3 Å². The van der Waals surface area contributed by atoms with Crippen LogP contribution < -0.4 is 4.74 Å². The van der Waals surface area contributed by atoms with Crippen molar-refractivity contribution >= 4 is 39.9 Å². The molecular weight excluding hydrogens is 316 g/mol. The lowest BCUT2D eigenvalue weighted by Gasteiger charge is -2.04. The Kier molecular flexibility index (Phi) is 3.50. The number of hydrogen-bond donors (Lipinski definition) is 1. The minimum Gasteiger partial charge on any atom is -0.494 e. The number of aromatic nitrogens is 3. The van der Waals surface area contributed by atoms with Crippen LogP contribution >= 0.6 is 0 Å². The van der Waals surface area contributed by atoms with Crippen molar-refractivity contribution in [1.82, 2.24) is 15.0 Å². The molecule has 0 aliphatic heterocycles. The average molecular weight is 330 g/mol. The zero-order chi connectivity index (χ0) is 17.4. The average Bonchev–Trinajstić information content (AvgIpc) is 3.11. The summed E-state index contributed by atoms with van der Waals surface area (Å²) in [6, 6.07) is 7.26. The number of fused-ring (bicyclic) bond motifs is 3. The minimum atomic E-state index is -0.161. The third-order valence-corrected chi connectivity index (χ3v) is 4.18. The van der Waals surface area contributed by atoms with Crippen LogP contribution in [0.4, 0.5) is 5.69 Å². The highest BCUT2D eigenvalue weighted by atomic mass is 16.5. The van der Waals surface area contributed by atoms with Crippen molar-refractivity contribution in [3.05, 3.63) is 60.3 Å². The fourth-order valence-electron chi connectivity index (χ4n) is 2.98. The number of nitrogens with one attached hydrogen (secondary N) is 1. The highest BCUT2D eigenvalue weighted by Gasteiger charge is 2.18. The molecule has 0 saturated carbocycles. The summed E-state index contributed by atoms with van der Waals surface area (Å²) in [6.07, 6.45) is 6.56. The first-order chi connectivity index (χ1) is 12.2. The molecule has 6 nitrogen and oxygen atoms in total. The Bertz CT molecular complexity index is 1130. The van der Waals surface area contributed by atoms with Gasteiger partial charge in [0, 0.05) is 34.9 Å². The Labute approximate surface area is 143 Å². The van der Waals surface area contributed by atoms with Crippen molar-refractivity contribution in [2.24, 2.45) is 4.99 Å². The molecule has 0 aliphatic carbocycles. The van der Waals surface area contributed by atoms with Crippen molar-refractivity contribution in [2.75, 3.05) is 7.11 Å². The number of benzene rings is 1. The summed E-state index contributed by atoms with van der Waals surface area (Å²) in [4.78, 5) is 28.3. The molecule has 3 heterocycles. The lowest BCUT2D eigenvalue weighted by atomic mass is 10.1. The Balaban J connectivity index is 1.94. The third kappa shape index (κ3) is 2.35. The van der Waals surface area contributed by atoms with E-state index in [1.165, 1.54) is 13.3 Å². The van der Waals surface area contributed by atoms with Gasteiger partial charge in [0.1, 0.15) is 5.75 Å². The molecule has 4 aromatic rings. The third-order valence-electron chi connectivity index (χ3n) is 4.18. The van der Waals surface area contributed by atoms with E-state index in [-0.39, 0.29) is 5.78 Å². The minimum absolute atomic E-state index is 0.161. The van der Waals surface area contributed by atoms with Crippen LogP contribution in [0.25, 0.3) is 21.7 Å². The lowest BCUT2D eigenvalue weighted by Crippen LogP contribution is -2.04. The molecule has 1 aromatic carbocycles. The highest BCUT2D eigenvalue weighted by Crippen LogP contribution is 2.34. The van der Waals surface area contributed by atoms with Crippen LogP contribution in [0.5, 0.6) is 5.75 Å². The Morgan fingerprint density at radius 2 is 1.92 bits per heavy atom. The van der Waals surface area contributed by atoms with Gasteiger partial charge in [-0.05, 0) is 36.4 Å². The molecule has 0 atom stereocenters. The van der Waals surface area contributed by atoms with E-state index < -0.39 is 0 Å². The summed E-state index contributed by atoms with van der Waals surface area (Å²) in [5.74, 6) is 0.277. The normalized spacial score (nSPS) is 10.9. The molecule has 6 heteroatoms. The van der Waals surface area contributed by atoms with Crippen LogP contribution in [0, 0.1) is 0 Å². The number of hydrogen-bond acceptors (Lipinski definition) is 5. The van der Waals surface area contributed by atoms with E-state index in [0.717, 1.165) is 27.4 Å². The number of nitrogens with zero attached hydrogens (tertiary/aromatic N) is 3. The van der Waals surface area contributed by atoms with Gasteiger partial charge >= 0.3 is 0 Å². The molecule has 25 heavy (non-hydrogen) atoms.